The number of aromatic nitrogens is 2. The Morgan fingerprint density at radius 1 is 0.857 bits per heavy atom. The Morgan fingerprint density at radius 3 is 2.03 bits per heavy atom. The number of amides is 1. The number of hydrogen-bond acceptors (Lipinski definition) is 5. The van der Waals surface area contributed by atoms with Crippen molar-refractivity contribution in [3.05, 3.63) is 112 Å². The van der Waals surface area contributed by atoms with Crippen LogP contribution in [-0.2, 0) is 22.5 Å². The maximum absolute atomic E-state index is 13.4. The number of methoxy groups -OCH3 is 1. The van der Waals surface area contributed by atoms with Crippen molar-refractivity contribution in [2.24, 2.45) is 0 Å². The van der Waals surface area contributed by atoms with E-state index in [1.165, 1.54) is 7.11 Å². The summed E-state index contributed by atoms with van der Waals surface area (Å²) in [6, 6.07) is 28.1. The maximum Gasteiger partial charge on any atom is 0.344 e. The molecule has 0 fully saturated rings. The first kappa shape index (κ1) is 23.6. The zero-order chi connectivity index (χ0) is 24.6. The summed E-state index contributed by atoms with van der Waals surface area (Å²) in [4.78, 5) is 38.9. The molecule has 0 bridgehead atoms. The van der Waals surface area contributed by atoms with Gasteiger partial charge in [-0.1, -0.05) is 91.0 Å². The molecule has 0 spiro atoms. The van der Waals surface area contributed by atoms with E-state index in [0.717, 1.165) is 10.2 Å². The van der Waals surface area contributed by atoms with E-state index < -0.39 is 11.5 Å². The molecule has 0 saturated carbocycles. The highest BCUT2D eigenvalue weighted by Gasteiger charge is 2.26. The van der Waals surface area contributed by atoms with Gasteiger partial charge < -0.3 is 10.1 Å². The minimum atomic E-state index is -0.785. The van der Waals surface area contributed by atoms with Gasteiger partial charge in [0.15, 0.2) is 0 Å². The molecule has 1 heterocycles. The molecule has 0 unspecified atom stereocenters. The van der Waals surface area contributed by atoms with Crippen molar-refractivity contribution >= 4 is 11.9 Å². The monoisotopic (exact) mass is 467 g/mol. The predicted octanol–water partition coefficient (Wildman–Crippen LogP) is 3.72. The van der Waals surface area contributed by atoms with Crippen LogP contribution in [0.15, 0.2) is 95.8 Å². The van der Waals surface area contributed by atoms with Gasteiger partial charge in [-0.2, -0.15) is 5.10 Å². The van der Waals surface area contributed by atoms with Gasteiger partial charge in [0.05, 0.1) is 12.8 Å². The number of ether oxygens (including phenoxy) is 1. The molecule has 4 rings (SSSR count). The van der Waals surface area contributed by atoms with Crippen LogP contribution in [0.3, 0.4) is 0 Å². The molecule has 7 nitrogen and oxygen atoms in total. The van der Waals surface area contributed by atoms with Crippen LogP contribution < -0.4 is 10.9 Å². The number of esters is 1. The molecule has 176 valence electrons. The molecule has 3 aromatic carbocycles. The minimum Gasteiger partial charge on any atom is -0.465 e. The van der Waals surface area contributed by atoms with E-state index in [0.29, 0.717) is 35.3 Å². The summed E-state index contributed by atoms with van der Waals surface area (Å²) < 4.78 is 5.99. The van der Waals surface area contributed by atoms with Crippen molar-refractivity contribution in [2.75, 3.05) is 13.7 Å². The number of nitrogens with zero attached hydrogens (tertiary/aromatic N) is 2. The molecule has 0 saturated heterocycles. The Hall–Kier alpha value is -4.52. The van der Waals surface area contributed by atoms with Crippen molar-refractivity contribution in [3.8, 4) is 22.4 Å². The second-order valence-electron chi connectivity index (χ2n) is 7.87. The average Bonchev–Trinajstić information content (AvgIpc) is 2.90. The van der Waals surface area contributed by atoms with Gasteiger partial charge in [0, 0.05) is 17.7 Å². The third-order valence-electron chi connectivity index (χ3n) is 5.53. The lowest BCUT2D eigenvalue weighted by atomic mass is 9.95. The quantitative estimate of drug-likeness (QED) is 0.399. The van der Waals surface area contributed by atoms with Gasteiger partial charge in [0.1, 0.15) is 12.1 Å². The molecule has 0 aliphatic rings. The van der Waals surface area contributed by atoms with Crippen LogP contribution in [0, 0.1) is 0 Å². The molecule has 0 radical (unpaired) electrons. The first-order chi connectivity index (χ1) is 17.1. The van der Waals surface area contributed by atoms with Crippen LogP contribution in [0.5, 0.6) is 0 Å². The molecule has 1 N–H and O–H groups in total. The van der Waals surface area contributed by atoms with Crippen molar-refractivity contribution in [2.45, 2.75) is 13.0 Å². The van der Waals surface area contributed by atoms with E-state index >= 15 is 0 Å². The van der Waals surface area contributed by atoms with Gasteiger partial charge in [-0.3, -0.25) is 9.59 Å². The third kappa shape index (κ3) is 5.52. The van der Waals surface area contributed by atoms with Crippen LogP contribution in [0.2, 0.25) is 0 Å². The summed E-state index contributed by atoms with van der Waals surface area (Å²) >= 11 is 0. The van der Waals surface area contributed by atoms with Gasteiger partial charge in [0.2, 0.25) is 5.91 Å². The Labute approximate surface area is 203 Å². The smallest absolute Gasteiger partial charge is 0.344 e. The molecule has 0 aliphatic carbocycles. The molecular formula is C28H25N3O4. The van der Waals surface area contributed by atoms with Crippen LogP contribution in [0.1, 0.15) is 15.9 Å². The zero-order valence-corrected chi connectivity index (χ0v) is 19.3. The van der Waals surface area contributed by atoms with Crippen LogP contribution in [-0.4, -0.2) is 35.3 Å². The summed E-state index contributed by atoms with van der Waals surface area (Å²) in [6.45, 7) is 0.0849. The fraction of sp³-hybridized carbons (Fsp3) is 0.143. The molecule has 0 aliphatic heterocycles. The first-order valence-electron chi connectivity index (χ1n) is 11.2. The van der Waals surface area contributed by atoms with Crippen molar-refractivity contribution < 1.29 is 14.3 Å². The van der Waals surface area contributed by atoms with Gasteiger partial charge in [-0.15, -0.1) is 0 Å². The largest absolute Gasteiger partial charge is 0.465 e. The summed E-state index contributed by atoms with van der Waals surface area (Å²) in [5.41, 5.74) is 2.38. The lowest BCUT2D eigenvalue weighted by Gasteiger charge is -2.16. The zero-order valence-electron chi connectivity index (χ0n) is 19.3. The van der Waals surface area contributed by atoms with Gasteiger partial charge in [0.25, 0.3) is 5.56 Å². The molecular weight excluding hydrogens is 442 g/mol. The SMILES string of the molecule is COC(=O)c1c(-c2ccccc2)c(-c2ccccc2)nn(CC(=O)NCCc2ccccc2)c1=O. The molecule has 1 aromatic heterocycles. The van der Waals surface area contributed by atoms with E-state index in [4.69, 9.17) is 4.74 Å². The first-order valence-corrected chi connectivity index (χ1v) is 11.2. The number of benzene rings is 3. The summed E-state index contributed by atoms with van der Waals surface area (Å²) in [5, 5.41) is 7.36. The fourth-order valence-electron chi connectivity index (χ4n) is 3.84. The van der Waals surface area contributed by atoms with E-state index in [1.54, 1.807) is 12.1 Å². The molecule has 0 atom stereocenters. The summed E-state index contributed by atoms with van der Waals surface area (Å²) in [6.07, 6.45) is 0.657. The standard InChI is InChI=1S/C28H25N3O4/c1-35-28(34)25-24(21-13-7-3-8-14-21)26(22-15-9-4-10-16-22)30-31(27(25)33)19-23(32)29-18-17-20-11-5-2-6-12-20/h2-16H,17-19H2,1H3,(H,29,32). The normalized spacial score (nSPS) is 10.5. The van der Waals surface area contributed by atoms with Gasteiger partial charge in [-0.05, 0) is 17.5 Å². The van der Waals surface area contributed by atoms with Crippen LogP contribution >= 0.6 is 0 Å². The number of rotatable bonds is 8. The highest BCUT2D eigenvalue weighted by molar-refractivity contribution is 6.00. The van der Waals surface area contributed by atoms with Gasteiger partial charge >= 0.3 is 5.97 Å². The van der Waals surface area contributed by atoms with Gasteiger partial charge in [-0.25, -0.2) is 9.48 Å². The number of hydrogen-bond donors (Lipinski definition) is 1. The Bertz CT molecular complexity index is 1370. The number of carbonyl (C=O) groups excluding carboxylic acids is 2. The lowest BCUT2D eigenvalue weighted by Crippen LogP contribution is -2.37. The predicted molar refractivity (Wildman–Crippen MR) is 134 cm³/mol. The topological polar surface area (TPSA) is 90.3 Å². The van der Waals surface area contributed by atoms with E-state index in [-0.39, 0.29) is 18.0 Å². The molecule has 7 heteroatoms. The van der Waals surface area contributed by atoms with Crippen molar-refractivity contribution in [1.82, 2.24) is 15.1 Å². The second kappa shape index (κ2) is 11.1. The average molecular weight is 468 g/mol. The fourth-order valence-corrected chi connectivity index (χ4v) is 3.84. The summed E-state index contributed by atoms with van der Waals surface area (Å²) in [7, 11) is 1.22. The lowest BCUT2D eigenvalue weighted by molar-refractivity contribution is -0.121. The third-order valence-corrected chi connectivity index (χ3v) is 5.53. The highest BCUT2D eigenvalue weighted by Crippen LogP contribution is 2.32. The van der Waals surface area contributed by atoms with Crippen LogP contribution in [0.4, 0.5) is 0 Å². The van der Waals surface area contributed by atoms with Crippen LogP contribution in [0.25, 0.3) is 22.4 Å². The molecule has 35 heavy (non-hydrogen) atoms. The molecule has 4 aromatic rings. The van der Waals surface area contributed by atoms with Crippen molar-refractivity contribution in [1.29, 1.82) is 0 Å². The molecule has 1 amide bonds. The Balaban J connectivity index is 1.73. The summed E-state index contributed by atoms with van der Waals surface area (Å²) in [5.74, 6) is -1.16. The second-order valence-corrected chi connectivity index (χ2v) is 7.87. The van der Waals surface area contributed by atoms with E-state index in [2.05, 4.69) is 10.4 Å². The highest BCUT2D eigenvalue weighted by atomic mass is 16.5. The number of nitrogens with one attached hydrogen (secondary N) is 1. The minimum absolute atomic E-state index is 0.162. The van der Waals surface area contributed by atoms with E-state index in [1.807, 2.05) is 78.9 Å². The Kier molecular flexibility index (Phi) is 7.47. The number of carbonyl (C=O) groups is 2. The Morgan fingerprint density at radius 2 is 1.43 bits per heavy atom. The van der Waals surface area contributed by atoms with E-state index in [9.17, 15) is 14.4 Å². The maximum atomic E-state index is 13.4. The van der Waals surface area contributed by atoms with Crippen molar-refractivity contribution in [3.63, 3.8) is 0 Å².